The maximum absolute atomic E-state index is 11.1. The molecule has 3 N–H and O–H groups in total. The van der Waals surface area contributed by atoms with Gasteiger partial charge in [-0.15, -0.1) is 0 Å². The summed E-state index contributed by atoms with van der Waals surface area (Å²) in [7, 11) is 0. The highest BCUT2D eigenvalue weighted by Gasteiger charge is 2.14. The Balaban J connectivity index is 2.09. The number of aromatic amines is 1. The minimum absolute atomic E-state index is 0.298. The second-order valence-electron chi connectivity index (χ2n) is 4.18. The first kappa shape index (κ1) is 10.9. The van der Waals surface area contributed by atoms with Crippen molar-refractivity contribution in [3.05, 3.63) is 58.0 Å². The molecule has 0 radical (unpaired) electrons. The van der Waals surface area contributed by atoms with E-state index in [1.807, 2.05) is 19.1 Å². The van der Waals surface area contributed by atoms with E-state index >= 15 is 0 Å². The molecule has 18 heavy (non-hydrogen) atoms. The number of hydrogen-bond acceptors (Lipinski definition) is 4. The number of aromatic nitrogens is 1. The van der Waals surface area contributed by atoms with E-state index in [9.17, 15) is 4.79 Å². The summed E-state index contributed by atoms with van der Waals surface area (Å²) in [6, 6.07) is 6.96. The molecular weight excluding hydrogens is 232 g/mol. The fraction of sp³-hybridized carbons (Fsp3) is 0.154. The topological polar surface area (TPSA) is 85.2 Å². The third-order valence-electron chi connectivity index (χ3n) is 3.04. The minimum Gasteiger partial charge on any atom is -0.469 e. The SMILES string of the molecule is Cc1occc1C(N)c1ccc2[nH]c(=O)oc2c1. The van der Waals surface area contributed by atoms with Crippen LogP contribution >= 0.6 is 0 Å². The molecule has 5 nitrogen and oxygen atoms in total. The summed E-state index contributed by atoms with van der Waals surface area (Å²) < 4.78 is 10.3. The van der Waals surface area contributed by atoms with Crippen molar-refractivity contribution in [2.24, 2.45) is 5.73 Å². The monoisotopic (exact) mass is 244 g/mol. The first-order chi connectivity index (χ1) is 8.65. The molecule has 0 bridgehead atoms. The van der Waals surface area contributed by atoms with E-state index < -0.39 is 5.76 Å². The van der Waals surface area contributed by atoms with Gasteiger partial charge in [0, 0.05) is 5.56 Å². The number of nitrogens with one attached hydrogen (secondary N) is 1. The van der Waals surface area contributed by atoms with Crippen LogP contribution in [0.1, 0.15) is 22.9 Å². The Morgan fingerprint density at radius 3 is 2.89 bits per heavy atom. The molecule has 0 saturated heterocycles. The number of hydrogen-bond donors (Lipinski definition) is 2. The molecule has 2 aromatic heterocycles. The summed E-state index contributed by atoms with van der Waals surface area (Å²) in [6.07, 6.45) is 1.61. The lowest BCUT2D eigenvalue weighted by Gasteiger charge is -2.10. The maximum atomic E-state index is 11.1. The van der Waals surface area contributed by atoms with Crippen LogP contribution in [0, 0.1) is 6.92 Å². The van der Waals surface area contributed by atoms with Crippen molar-refractivity contribution in [1.82, 2.24) is 4.98 Å². The van der Waals surface area contributed by atoms with Crippen LogP contribution in [-0.4, -0.2) is 4.98 Å². The average molecular weight is 244 g/mol. The van der Waals surface area contributed by atoms with Crippen LogP contribution in [0.5, 0.6) is 0 Å². The molecule has 1 unspecified atom stereocenters. The smallest absolute Gasteiger partial charge is 0.417 e. The van der Waals surface area contributed by atoms with Crippen LogP contribution in [0.25, 0.3) is 11.1 Å². The van der Waals surface area contributed by atoms with Gasteiger partial charge in [-0.3, -0.25) is 4.98 Å². The van der Waals surface area contributed by atoms with Crippen molar-refractivity contribution in [1.29, 1.82) is 0 Å². The molecule has 1 atom stereocenters. The lowest BCUT2D eigenvalue weighted by atomic mass is 10.00. The quantitative estimate of drug-likeness (QED) is 0.722. The molecule has 1 aromatic carbocycles. The lowest BCUT2D eigenvalue weighted by molar-refractivity contribution is 0.527. The second-order valence-corrected chi connectivity index (χ2v) is 4.18. The average Bonchev–Trinajstić information content (AvgIpc) is 2.91. The highest BCUT2D eigenvalue weighted by Crippen LogP contribution is 2.25. The summed E-state index contributed by atoms with van der Waals surface area (Å²) >= 11 is 0. The molecule has 3 rings (SSSR count). The standard InChI is InChI=1S/C13H12N2O3/c1-7-9(4-5-17-7)12(14)8-2-3-10-11(6-8)18-13(16)15-10/h2-6,12H,14H2,1H3,(H,15,16). The minimum atomic E-state index is -0.463. The molecule has 0 aliphatic carbocycles. The lowest BCUT2D eigenvalue weighted by Crippen LogP contribution is -2.11. The Kier molecular flexibility index (Phi) is 2.34. The zero-order valence-corrected chi connectivity index (χ0v) is 9.77. The van der Waals surface area contributed by atoms with E-state index in [0.717, 1.165) is 16.9 Å². The number of furan rings is 1. The summed E-state index contributed by atoms with van der Waals surface area (Å²) in [5.74, 6) is 0.327. The van der Waals surface area contributed by atoms with Gasteiger partial charge in [0.1, 0.15) is 5.76 Å². The number of fused-ring (bicyclic) bond motifs is 1. The zero-order valence-electron chi connectivity index (χ0n) is 9.77. The molecule has 0 aliphatic heterocycles. The van der Waals surface area contributed by atoms with Crippen molar-refractivity contribution in [2.45, 2.75) is 13.0 Å². The van der Waals surface area contributed by atoms with Gasteiger partial charge in [-0.25, -0.2) is 4.79 Å². The number of oxazole rings is 1. The van der Waals surface area contributed by atoms with Crippen LogP contribution in [0.3, 0.4) is 0 Å². The Hall–Kier alpha value is -2.27. The first-order valence-electron chi connectivity index (χ1n) is 5.57. The van der Waals surface area contributed by atoms with Gasteiger partial charge in [-0.05, 0) is 30.7 Å². The van der Waals surface area contributed by atoms with Gasteiger partial charge in [-0.1, -0.05) is 6.07 Å². The van der Waals surface area contributed by atoms with E-state index in [0.29, 0.717) is 11.1 Å². The molecule has 0 saturated carbocycles. The van der Waals surface area contributed by atoms with Crippen LogP contribution in [-0.2, 0) is 0 Å². The number of benzene rings is 1. The molecule has 0 aliphatic rings. The van der Waals surface area contributed by atoms with Gasteiger partial charge in [0.2, 0.25) is 0 Å². The van der Waals surface area contributed by atoms with Gasteiger partial charge >= 0.3 is 5.76 Å². The molecule has 2 heterocycles. The third-order valence-corrected chi connectivity index (χ3v) is 3.04. The van der Waals surface area contributed by atoms with Crippen LogP contribution in [0.2, 0.25) is 0 Å². The number of rotatable bonds is 2. The Morgan fingerprint density at radius 1 is 1.33 bits per heavy atom. The third kappa shape index (κ3) is 1.65. The van der Waals surface area contributed by atoms with Crippen molar-refractivity contribution >= 4 is 11.1 Å². The highest BCUT2D eigenvalue weighted by molar-refractivity contribution is 5.73. The van der Waals surface area contributed by atoms with Crippen molar-refractivity contribution in [3.63, 3.8) is 0 Å². The van der Waals surface area contributed by atoms with Gasteiger partial charge in [0.15, 0.2) is 5.58 Å². The molecule has 0 amide bonds. The molecule has 3 aromatic rings. The Labute approximate surface area is 102 Å². The van der Waals surface area contributed by atoms with E-state index in [2.05, 4.69) is 4.98 Å². The van der Waals surface area contributed by atoms with Crippen molar-refractivity contribution < 1.29 is 8.83 Å². The molecule has 5 heteroatoms. The van der Waals surface area contributed by atoms with Gasteiger partial charge in [0.25, 0.3) is 0 Å². The first-order valence-corrected chi connectivity index (χ1v) is 5.57. The van der Waals surface area contributed by atoms with Gasteiger partial charge < -0.3 is 14.6 Å². The van der Waals surface area contributed by atoms with E-state index in [4.69, 9.17) is 14.6 Å². The second kappa shape index (κ2) is 3.89. The van der Waals surface area contributed by atoms with Crippen molar-refractivity contribution in [2.75, 3.05) is 0 Å². The summed E-state index contributed by atoms with van der Waals surface area (Å²) in [4.78, 5) is 13.7. The van der Waals surface area contributed by atoms with Gasteiger partial charge in [0.05, 0.1) is 17.8 Å². The molecule has 0 spiro atoms. The van der Waals surface area contributed by atoms with E-state index in [1.54, 1.807) is 18.4 Å². The summed E-state index contributed by atoms with van der Waals surface area (Å²) in [5, 5.41) is 0. The highest BCUT2D eigenvalue weighted by atomic mass is 16.4. The number of aryl methyl sites for hydroxylation is 1. The Morgan fingerprint density at radius 2 is 2.17 bits per heavy atom. The van der Waals surface area contributed by atoms with E-state index in [-0.39, 0.29) is 6.04 Å². The van der Waals surface area contributed by atoms with Gasteiger partial charge in [-0.2, -0.15) is 0 Å². The van der Waals surface area contributed by atoms with Crippen molar-refractivity contribution in [3.8, 4) is 0 Å². The molecule has 92 valence electrons. The molecular formula is C13H12N2O3. The zero-order chi connectivity index (χ0) is 12.7. The predicted octanol–water partition coefficient (Wildman–Crippen LogP) is 2.07. The predicted molar refractivity (Wildman–Crippen MR) is 66.3 cm³/mol. The maximum Gasteiger partial charge on any atom is 0.417 e. The fourth-order valence-corrected chi connectivity index (χ4v) is 2.05. The van der Waals surface area contributed by atoms with Crippen LogP contribution in [0.4, 0.5) is 0 Å². The van der Waals surface area contributed by atoms with E-state index in [1.165, 1.54) is 0 Å². The molecule has 0 fully saturated rings. The summed E-state index contributed by atoms with van der Waals surface area (Å²) in [6.45, 7) is 1.87. The van der Waals surface area contributed by atoms with Crippen LogP contribution < -0.4 is 11.5 Å². The fourth-order valence-electron chi connectivity index (χ4n) is 2.05. The summed E-state index contributed by atoms with van der Waals surface area (Å²) in [5.41, 5.74) is 9.14. The normalized spacial score (nSPS) is 13.0. The number of H-pyrrole nitrogens is 1. The largest absolute Gasteiger partial charge is 0.469 e. The van der Waals surface area contributed by atoms with Crippen LogP contribution in [0.15, 0.2) is 44.2 Å². The Bertz CT molecular complexity index is 751. The number of nitrogens with two attached hydrogens (primary N) is 1.